The molecule has 1 saturated heterocycles. The quantitative estimate of drug-likeness (QED) is 0.874. The molecule has 1 fully saturated rings. The SMILES string of the molecule is CCc1ccc(C2C(CNC(C)C)CCN2C)cc1. The second-order valence-corrected chi connectivity index (χ2v) is 6.13. The largest absolute Gasteiger partial charge is 0.314 e. The van der Waals surface area contributed by atoms with Gasteiger partial charge in [-0.3, -0.25) is 4.90 Å². The van der Waals surface area contributed by atoms with Crippen molar-refractivity contribution in [3.05, 3.63) is 35.4 Å². The van der Waals surface area contributed by atoms with Crippen LogP contribution in [0.15, 0.2) is 24.3 Å². The van der Waals surface area contributed by atoms with Crippen LogP contribution in [0.3, 0.4) is 0 Å². The summed E-state index contributed by atoms with van der Waals surface area (Å²) in [6, 6.07) is 10.4. The molecule has 0 spiro atoms. The Morgan fingerprint density at radius 3 is 2.53 bits per heavy atom. The van der Waals surface area contributed by atoms with E-state index in [-0.39, 0.29) is 0 Å². The van der Waals surface area contributed by atoms with Crippen molar-refractivity contribution in [2.75, 3.05) is 20.1 Å². The molecule has 1 aliphatic heterocycles. The molecule has 0 amide bonds. The third-order valence-electron chi connectivity index (χ3n) is 4.29. The molecule has 2 heteroatoms. The van der Waals surface area contributed by atoms with Crippen molar-refractivity contribution < 1.29 is 0 Å². The van der Waals surface area contributed by atoms with E-state index in [0.29, 0.717) is 12.1 Å². The Balaban J connectivity index is 2.09. The zero-order chi connectivity index (χ0) is 13.8. The molecule has 0 aliphatic carbocycles. The van der Waals surface area contributed by atoms with Crippen LogP contribution >= 0.6 is 0 Å². The van der Waals surface area contributed by atoms with Crippen molar-refractivity contribution >= 4 is 0 Å². The fourth-order valence-electron chi connectivity index (χ4n) is 3.10. The summed E-state index contributed by atoms with van der Waals surface area (Å²) in [7, 11) is 2.26. The molecule has 2 nitrogen and oxygen atoms in total. The third-order valence-corrected chi connectivity index (χ3v) is 4.29. The van der Waals surface area contributed by atoms with Crippen LogP contribution in [0.5, 0.6) is 0 Å². The summed E-state index contributed by atoms with van der Waals surface area (Å²) < 4.78 is 0. The van der Waals surface area contributed by atoms with Gasteiger partial charge in [0.05, 0.1) is 0 Å². The molecule has 106 valence electrons. The van der Waals surface area contributed by atoms with Gasteiger partial charge < -0.3 is 5.32 Å². The number of hydrogen-bond acceptors (Lipinski definition) is 2. The van der Waals surface area contributed by atoms with E-state index in [1.165, 1.54) is 24.1 Å². The minimum Gasteiger partial charge on any atom is -0.314 e. The van der Waals surface area contributed by atoms with Crippen molar-refractivity contribution in [1.29, 1.82) is 0 Å². The summed E-state index contributed by atoms with van der Waals surface area (Å²) in [5.41, 5.74) is 2.91. The number of nitrogens with one attached hydrogen (secondary N) is 1. The predicted octanol–water partition coefficient (Wildman–Crippen LogP) is 3.24. The Kier molecular flexibility index (Phi) is 5.00. The van der Waals surface area contributed by atoms with Crippen LogP contribution in [0.4, 0.5) is 0 Å². The van der Waals surface area contributed by atoms with Crippen molar-refractivity contribution in [3.8, 4) is 0 Å². The molecule has 1 aromatic carbocycles. The molecule has 0 radical (unpaired) electrons. The molecule has 0 aromatic heterocycles. The number of rotatable bonds is 5. The van der Waals surface area contributed by atoms with E-state index >= 15 is 0 Å². The molecule has 1 heterocycles. The van der Waals surface area contributed by atoms with E-state index < -0.39 is 0 Å². The van der Waals surface area contributed by atoms with Gasteiger partial charge in [0.2, 0.25) is 0 Å². The second-order valence-electron chi connectivity index (χ2n) is 6.13. The molecule has 1 aromatic rings. The van der Waals surface area contributed by atoms with E-state index in [0.717, 1.165) is 18.9 Å². The van der Waals surface area contributed by atoms with Crippen LogP contribution in [0.1, 0.15) is 44.4 Å². The van der Waals surface area contributed by atoms with Crippen molar-refractivity contribution in [1.82, 2.24) is 10.2 Å². The molecule has 2 rings (SSSR count). The second kappa shape index (κ2) is 6.53. The summed E-state index contributed by atoms with van der Waals surface area (Å²) in [5, 5.41) is 3.60. The number of benzene rings is 1. The molecule has 1 N–H and O–H groups in total. The van der Waals surface area contributed by atoms with Gasteiger partial charge in [0.15, 0.2) is 0 Å². The lowest BCUT2D eigenvalue weighted by atomic mass is 9.92. The lowest BCUT2D eigenvalue weighted by Crippen LogP contribution is -2.32. The lowest BCUT2D eigenvalue weighted by Gasteiger charge is -2.26. The van der Waals surface area contributed by atoms with Crippen LogP contribution in [0.25, 0.3) is 0 Å². The Morgan fingerprint density at radius 2 is 1.95 bits per heavy atom. The van der Waals surface area contributed by atoms with E-state index in [4.69, 9.17) is 0 Å². The van der Waals surface area contributed by atoms with Crippen LogP contribution in [-0.4, -0.2) is 31.1 Å². The molecular weight excluding hydrogens is 232 g/mol. The normalized spacial score (nSPS) is 24.3. The summed E-state index contributed by atoms with van der Waals surface area (Å²) in [4.78, 5) is 2.51. The van der Waals surface area contributed by atoms with Crippen molar-refractivity contribution in [2.45, 2.75) is 45.7 Å². The Labute approximate surface area is 118 Å². The first kappa shape index (κ1) is 14.5. The first-order valence-electron chi connectivity index (χ1n) is 7.64. The minimum atomic E-state index is 0.578. The van der Waals surface area contributed by atoms with Gasteiger partial charge in [-0.2, -0.15) is 0 Å². The highest BCUT2D eigenvalue weighted by molar-refractivity contribution is 5.26. The van der Waals surface area contributed by atoms with Gasteiger partial charge in [0.1, 0.15) is 0 Å². The molecule has 19 heavy (non-hydrogen) atoms. The summed E-state index contributed by atoms with van der Waals surface area (Å²) in [6.07, 6.45) is 2.43. The molecule has 2 unspecified atom stereocenters. The highest BCUT2D eigenvalue weighted by atomic mass is 15.2. The average Bonchev–Trinajstić information content (AvgIpc) is 2.78. The molecule has 0 saturated carbocycles. The highest BCUT2D eigenvalue weighted by Crippen LogP contribution is 2.35. The zero-order valence-corrected chi connectivity index (χ0v) is 12.8. The number of nitrogens with zero attached hydrogens (tertiary/aromatic N) is 1. The third kappa shape index (κ3) is 3.58. The minimum absolute atomic E-state index is 0.578. The van der Waals surface area contributed by atoms with Gasteiger partial charge in [0.25, 0.3) is 0 Å². The molecule has 2 atom stereocenters. The number of hydrogen-bond donors (Lipinski definition) is 1. The van der Waals surface area contributed by atoms with E-state index in [1.54, 1.807) is 0 Å². The van der Waals surface area contributed by atoms with Crippen molar-refractivity contribution in [3.63, 3.8) is 0 Å². The maximum atomic E-state index is 3.60. The fourth-order valence-corrected chi connectivity index (χ4v) is 3.10. The zero-order valence-electron chi connectivity index (χ0n) is 12.8. The van der Waals surface area contributed by atoms with Crippen molar-refractivity contribution in [2.24, 2.45) is 5.92 Å². The van der Waals surface area contributed by atoms with E-state index in [1.807, 2.05) is 0 Å². The van der Waals surface area contributed by atoms with Gasteiger partial charge in [-0.05, 0) is 43.5 Å². The first-order valence-corrected chi connectivity index (χ1v) is 7.64. The summed E-state index contributed by atoms with van der Waals surface area (Å²) >= 11 is 0. The average molecular weight is 260 g/mol. The number of aryl methyl sites for hydroxylation is 1. The van der Waals surface area contributed by atoms with E-state index in [2.05, 4.69) is 62.3 Å². The van der Waals surface area contributed by atoms with Gasteiger partial charge in [0, 0.05) is 18.6 Å². The molecular formula is C17H28N2. The van der Waals surface area contributed by atoms with Crippen LogP contribution < -0.4 is 5.32 Å². The Bertz CT molecular complexity index is 383. The van der Waals surface area contributed by atoms with Crippen LogP contribution in [0.2, 0.25) is 0 Å². The summed E-state index contributed by atoms with van der Waals surface area (Å²) in [5.74, 6) is 0.736. The predicted molar refractivity (Wildman–Crippen MR) is 82.4 cm³/mol. The maximum absolute atomic E-state index is 3.60. The standard InChI is InChI=1S/C17H28N2/c1-5-14-6-8-15(9-7-14)17-16(10-11-19(17)4)12-18-13(2)3/h6-9,13,16-18H,5,10-12H2,1-4H3. The monoisotopic (exact) mass is 260 g/mol. The Morgan fingerprint density at radius 1 is 1.26 bits per heavy atom. The fraction of sp³-hybridized carbons (Fsp3) is 0.647. The first-order chi connectivity index (χ1) is 9.11. The Hall–Kier alpha value is -0.860. The molecule has 1 aliphatic rings. The molecule has 0 bridgehead atoms. The van der Waals surface area contributed by atoms with Crippen LogP contribution in [-0.2, 0) is 6.42 Å². The van der Waals surface area contributed by atoms with Gasteiger partial charge in [-0.25, -0.2) is 0 Å². The topological polar surface area (TPSA) is 15.3 Å². The smallest absolute Gasteiger partial charge is 0.0385 e. The van der Waals surface area contributed by atoms with Gasteiger partial charge in [-0.1, -0.05) is 45.0 Å². The van der Waals surface area contributed by atoms with Crippen LogP contribution in [0, 0.1) is 5.92 Å². The van der Waals surface area contributed by atoms with Gasteiger partial charge >= 0.3 is 0 Å². The highest BCUT2D eigenvalue weighted by Gasteiger charge is 2.32. The maximum Gasteiger partial charge on any atom is 0.0385 e. The van der Waals surface area contributed by atoms with Gasteiger partial charge in [-0.15, -0.1) is 0 Å². The summed E-state index contributed by atoms with van der Waals surface area (Å²) in [6.45, 7) is 9.01. The lowest BCUT2D eigenvalue weighted by molar-refractivity contribution is 0.269. The van der Waals surface area contributed by atoms with E-state index in [9.17, 15) is 0 Å². The number of likely N-dealkylation sites (tertiary alicyclic amines) is 1.